The van der Waals surface area contributed by atoms with Gasteiger partial charge in [-0.15, -0.1) is 0 Å². The van der Waals surface area contributed by atoms with Crippen LogP contribution in [0.3, 0.4) is 0 Å². The number of fused-ring (bicyclic) bond motifs is 1. The molecule has 5 heteroatoms. The van der Waals surface area contributed by atoms with E-state index in [0.29, 0.717) is 13.1 Å². The third-order valence-corrected chi connectivity index (χ3v) is 3.69. The third-order valence-electron chi connectivity index (χ3n) is 3.69. The van der Waals surface area contributed by atoms with E-state index in [0.717, 1.165) is 16.9 Å². The molecule has 0 spiro atoms. The minimum atomic E-state index is -0.0518. The fraction of sp³-hybridized carbons (Fsp3) is 0.222. The first-order valence-electron chi connectivity index (χ1n) is 7.61. The van der Waals surface area contributed by atoms with Crippen LogP contribution >= 0.6 is 0 Å². The number of aliphatic hydroxyl groups excluding tert-OH is 1. The smallest absolute Gasteiger partial charge is 0.229 e. The van der Waals surface area contributed by atoms with Gasteiger partial charge in [0.2, 0.25) is 5.91 Å². The standard InChI is InChI=1S/C18H19N3O2/c22-11-10-21(13-15-6-2-1-3-7-15)18(23)12-16-14-20-9-5-4-8-17(20)19-16/h1-9,14,22H,10-13H2. The van der Waals surface area contributed by atoms with E-state index in [-0.39, 0.29) is 18.9 Å². The van der Waals surface area contributed by atoms with Gasteiger partial charge in [-0.1, -0.05) is 36.4 Å². The number of hydrogen-bond donors (Lipinski definition) is 1. The summed E-state index contributed by atoms with van der Waals surface area (Å²) in [6.07, 6.45) is 4.01. The first-order chi connectivity index (χ1) is 11.3. The van der Waals surface area contributed by atoms with Gasteiger partial charge in [-0.05, 0) is 17.7 Å². The zero-order chi connectivity index (χ0) is 16.1. The van der Waals surface area contributed by atoms with E-state index in [4.69, 9.17) is 0 Å². The molecule has 0 saturated heterocycles. The monoisotopic (exact) mass is 309 g/mol. The summed E-state index contributed by atoms with van der Waals surface area (Å²) in [5, 5.41) is 9.23. The van der Waals surface area contributed by atoms with Crippen molar-refractivity contribution in [2.45, 2.75) is 13.0 Å². The molecule has 2 aromatic heterocycles. The van der Waals surface area contributed by atoms with Gasteiger partial charge in [-0.3, -0.25) is 4.79 Å². The van der Waals surface area contributed by atoms with Crippen LogP contribution < -0.4 is 0 Å². The Labute approximate surface area is 134 Å². The normalized spacial score (nSPS) is 10.8. The number of aliphatic hydroxyl groups is 1. The van der Waals surface area contributed by atoms with Crippen LogP contribution in [0.2, 0.25) is 0 Å². The zero-order valence-electron chi connectivity index (χ0n) is 12.8. The molecule has 1 amide bonds. The lowest BCUT2D eigenvalue weighted by atomic mass is 10.2. The highest BCUT2D eigenvalue weighted by atomic mass is 16.3. The van der Waals surface area contributed by atoms with Crippen molar-refractivity contribution in [3.8, 4) is 0 Å². The molecule has 0 radical (unpaired) electrons. The quantitative estimate of drug-likeness (QED) is 0.756. The second kappa shape index (κ2) is 7.07. The molecule has 5 nitrogen and oxygen atoms in total. The van der Waals surface area contributed by atoms with Crippen LogP contribution in [0.5, 0.6) is 0 Å². The van der Waals surface area contributed by atoms with Crippen molar-refractivity contribution in [2.24, 2.45) is 0 Å². The number of carbonyl (C=O) groups is 1. The number of nitrogens with zero attached hydrogens (tertiary/aromatic N) is 3. The van der Waals surface area contributed by atoms with Gasteiger partial charge < -0.3 is 14.4 Å². The molecule has 3 rings (SSSR count). The molecule has 3 aromatic rings. The minimum absolute atomic E-state index is 0.0358. The van der Waals surface area contributed by atoms with E-state index in [2.05, 4.69) is 4.98 Å². The van der Waals surface area contributed by atoms with Gasteiger partial charge in [-0.2, -0.15) is 0 Å². The molecule has 0 saturated carbocycles. The summed E-state index contributed by atoms with van der Waals surface area (Å²) >= 11 is 0. The number of imidazole rings is 1. The number of amides is 1. The highest BCUT2D eigenvalue weighted by Gasteiger charge is 2.15. The molecule has 0 atom stereocenters. The van der Waals surface area contributed by atoms with Gasteiger partial charge in [0.25, 0.3) is 0 Å². The lowest BCUT2D eigenvalue weighted by molar-refractivity contribution is -0.131. The van der Waals surface area contributed by atoms with E-state index in [9.17, 15) is 9.90 Å². The molecule has 23 heavy (non-hydrogen) atoms. The van der Waals surface area contributed by atoms with Crippen LogP contribution in [-0.2, 0) is 17.8 Å². The van der Waals surface area contributed by atoms with Crippen molar-refractivity contribution in [1.82, 2.24) is 14.3 Å². The van der Waals surface area contributed by atoms with Crippen molar-refractivity contribution in [2.75, 3.05) is 13.2 Å². The molecular formula is C18H19N3O2. The maximum atomic E-state index is 12.5. The summed E-state index contributed by atoms with van der Waals surface area (Å²) in [6.45, 7) is 0.762. The van der Waals surface area contributed by atoms with Crippen molar-refractivity contribution in [1.29, 1.82) is 0 Å². The molecule has 0 unspecified atom stereocenters. The maximum absolute atomic E-state index is 12.5. The van der Waals surface area contributed by atoms with Crippen LogP contribution in [0.25, 0.3) is 5.65 Å². The Bertz CT molecular complexity index is 750. The van der Waals surface area contributed by atoms with Gasteiger partial charge in [-0.25, -0.2) is 4.98 Å². The van der Waals surface area contributed by atoms with E-state index in [1.165, 1.54) is 0 Å². The van der Waals surface area contributed by atoms with Crippen LogP contribution in [0.4, 0.5) is 0 Å². The number of aromatic nitrogens is 2. The number of hydrogen-bond acceptors (Lipinski definition) is 3. The Morgan fingerprint density at radius 2 is 1.91 bits per heavy atom. The van der Waals surface area contributed by atoms with Crippen LogP contribution in [0, 0.1) is 0 Å². The summed E-state index contributed by atoms with van der Waals surface area (Å²) in [5.41, 5.74) is 2.61. The molecular weight excluding hydrogens is 290 g/mol. The number of carbonyl (C=O) groups excluding carboxylic acids is 1. The van der Waals surface area contributed by atoms with Crippen LogP contribution in [0.15, 0.2) is 60.9 Å². The van der Waals surface area contributed by atoms with Crippen molar-refractivity contribution in [3.05, 3.63) is 72.2 Å². The zero-order valence-corrected chi connectivity index (χ0v) is 12.8. The van der Waals surface area contributed by atoms with Crippen molar-refractivity contribution < 1.29 is 9.90 Å². The number of benzene rings is 1. The topological polar surface area (TPSA) is 57.8 Å². The molecule has 0 aliphatic heterocycles. The average molecular weight is 309 g/mol. The van der Waals surface area contributed by atoms with Crippen molar-refractivity contribution >= 4 is 11.6 Å². The second-order valence-corrected chi connectivity index (χ2v) is 5.40. The van der Waals surface area contributed by atoms with Gasteiger partial charge in [0.15, 0.2) is 0 Å². The Kier molecular flexibility index (Phi) is 4.68. The van der Waals surface area contributed by atoms with Crippen LogP contribution in [0.1, 0.15) is 11.3 Å². The van der Waals surface area contributed by atoms with Gasteiger partial charge in [0, 0.05) is 25.5 Å². The Hall–Kier alpha value is -2.66. The summed E-state index contributed by atoms with van der Waals surface area (Å²) in [4.78, 5) is 18.7. The Morgan fingerprint density at radius 1 is 1.13 bits per heavy atom. The Morgan fingerprint density at radius 3 is 2.65 bits per heavy atom. The summed E-state index contributed by atoms with van der Waals surface area (Å²) < 4.78 is 1.90. The van der Waals surface area contributed by atoms with E-state index >= 15 is 0 Å². The summed E-state index contributed by atoms with van der Waals surface area (Å²) in [6, 6.07) is 15.5. The number of pyridine rings is 1. The summed E-state index contributed by atoms with van der Waals surface area (Å²) in [7, 11) is 0. The first kappa shape index (κ1) is 15.2. The highest BCUT2D eigenvalue weighted by molar-refractivity contribution is 5.78. The predicted octanol–water partition coefficient (Wildman–Crippen LogP) is 1.90. The van der Waals surface area contributed by atoms with E-state index in [1.807, 2.05) is 65.3 Å². The molecule has 0 fully saturated rings. The summed E-state index contributed by atoms with van der Waals surface area (Å²) in [5.74, 6) is -0.0358. The molecule has 1 N–H and O–H groups in total. The maximum Gasteiger partial charge on any atom is 0.229 e. The largest absolute Gasteiger partial charge is 0.395 e. The van der Waals surface area contributed by atoms with E-state index in [1.54, 1.807) is 4.90 Å². The van der Waals surface area contributed by atoms with Gasteiger partial charge in [0.1, 0.15) is 5.65 Å². The second-order valence-electron chi connectivity index (χ2n) is 5.40. The average Bonchev–Trinajstić information content (AvgIpc) is 2.97. The predicted molar refractivity (Wildman–Crippen MR) is 87.8 cm³/mol. The lowest BCUT2D eigenvalue weighted by Crippen LogP contribution is -2.34. The molecule has 1 aromatic carbocycles. The van der Waals surface area contributed by atoms with Gasteiger partial charge in [0.05, 0.1) is 18.7 Å². The number of rotatable bonds is 6. The fourth-order valence-corrected chi connectivity index (χ4v) is 2.56. The Balaban J connectivity index is 1.72. The van der Waals surface area contributed by atoms with Crippen LogP contribution in [-0.4, -0.2) is 38.4 Å². The SMILES string of the molecule is O=C(Cc1cn2ccccc2n1)N(CCO)Cc1ccccc1. The molecule has 0 aliphatic carbocycles. The van der Waals surface area contributed by atoms with Crippen molar-refractivity contribution in [3.63, 3.8) is 0 Å². The molecule has 2 heterocycles. The fourth-order valence-electron chi connectivity index (χ4n) is 2.56. The third kappa shape index (κ3) is 3.76. The van der Waals surface area contributed by atoms with E-state index < -0.39 is 0 Å². The lowest BCUT2D eigenvalue weighted by Gasteiger charge is -2.21. The minimum Gasteiger partial charge on any atom is -0.395 e. The highest BCUT2D eigenvalue weighted by Crippen LogP contribution is 2.09. The van der Waals surface area contributed by atoms with Gasteiger partial charge >= 0.3 is 0 Å². The first-order valence-corrected chi connectivity index (χ1v) is 7.61. The molecule has 0 aliphatic rings. The molecule has 0 bridgehead atoms. The molecule has 118 valence electrons.